The molecule has 6 nitrogen and oxygen atoms in total. The molecule has 0 atom stereocenters. The highest BCUT2D eigenvalue weighted by Gasteiger charge is 2.06. The predicted octanol–water partition coefficient (Wildman–Crippen LogP) is 0.950. The molecule has 14 heavy (non-hydrogen) atoms. The van der Waals surface area contributed by atoms with E-state index in [2.05, 4.69) is 4.99 Å². The van der Waals surface area contributed by atoms with Crippen LogP contribution in [0.1, 0.15) is 5.56 Å². The topological polar surface area (TPSA) is 87.8 Å². The molecule has 0 aliphatic carbocycles. The maximum absolute atomic E-state index is 10.3. The van der Waals surface area contributed by atoms with Crippen LogP contribution in [-0.2, 0) is 0 Å². The predicted molar refractivity (Wildman–Crippen MR) is 50.5 cm³/mol. The van der Waals surface area contributed by atoms with Crippen molar-refractivity contribution in [1.82, 2.24) is 5.48 Å². The van der Waals surface area contributed by atoms with Gasteiger partial charge < -0.3 is 0 Å². The average Bonchev–Trinajstić information content (AvgIpc) is 2.20. The Morgan fingerprint density at radius 3 is 2.43 bits per heavy atom. The van der Waals surface area contributed by atoms with Gasteiger partial charge in [-0.15, -0.1) is 0 Å². The molecule has 0 aromatic heterocycles. The van der Waals surface area contributed by atoms with Gasteiger partial charge in [0.25, 0.3) is 5.69 Å². The highest BCUT2D eigenvalue weighted by Crippen LogP contribution is 2.11. The Hall–Kier alpha value is -1.95. The summed E-state index contributed by atoms with van der Waals surface area (Å²) in [4.78, 5) is 13.6. The molecule has 0 heterocycles. The number of non-ortho nitro benzene ring substituents is 1. The molecule has 0 saturated carbocycles. The summed E-state index contributed by atoms with van der Waals surface area (Å²) in [6, 6.07) is 5.70. The van der Waals surface area contributed by atoms with Crippen LogP contribution < -0.4 is 5.48 Å². The number of nitro groups is 1. The number of nitro benzene ring substituents is 1. The third kappa shape index (κ3) is 2.05. The molecule has 0 amide bonds. The van der Waals surface area contributed by atoms with E-state index in [1.165, 1.54) is 31.3 Å². The molecule has 0 aliphatic heterocycles. The summed E-state index contributed by atoms with van der Waals surface area (Å²) in [7, 11) is 1.50. The van der Waals surface area contributed by atoms with Crippen LogP contribution in [0.3, 0.4) is 0 Å². The summed E-state index contributed by atoms with van der Waals surface area (Å²) in [6.45, 7) is 0. The van der Waals surface area contributed by atoms with Crippen molar-refractivity contribution >= 4 is 11.5 Å². The highest BCUT2D eigenvalue weighted by atomic mass is 16.6. The van der Waals surface area contributed by atoms with Crippen LogP contribution in [0, 0.1) is 10.1 Å². The minimum absolute atomic E-state index is 0.00198. The summed E-state index contributed by atoms with van der Waals surface area (Å²) in [5, 5.41) is 19.0. The lowest BCUT2D eigenvalue weighted by Gasteiger charge is -2.02. The zero-order valence-electron chi connectivity index (χ0n) is 7.47. The number of amidine groups is 1. The van der Waals surface area contributed by atoms with Gasteiger partial charge in [-0.2, -0.15) is 0 Å². The van der Waals surface area contributed by atoms with Crippen LogP contribution in [-0.4, -0.2) is 23.0 Å². The van der Waals surface area contributed by atoms with Gasteiger partial charge in [0.05, 0.1) is 4.92 Å². The zero-order chi connectivity index (χ0) is 10.6. The van der Waals surface area contributed by atoms with Gasteiger partial charge in [-0.1, -0.05) is 0 Å². The molecule has 0 saturated heterocycles. The SMILES string of the molecule is CN=C(NO)c1ccc([N+](=O)[O-])cc1. The second-order valence-corrected chi connectivity index (χ2v) is 2.49. The quantitative estimate of drug-likeness (QED) is 0.318. The van der Waals surface area contributed by atoms with Crippen molar-refractivity contribution in [2.24, 2.45) is 4.99 Å². The number of benzene rings is 1. The minimum atomic E-state index is -0.487. The third-order valence-electron chi connectivity index (χ3n) is 1.68. The van der Waals surface area contributed by atoms with E-state index in [4.69, 9.17) is 5.21 Å². The second-order valence-electron chi connectivity index (χ2n) is 2.49. The fraction of sp³-hybridized carbons (Fsp3) is 0.125. The van der Waals surface area contributed by atoms with Gasteiger partial charge in [-0.3, -0.25) is 25.8 Å². The fourth-order valence-corrected chi connectivity index (χ4v) is 0.985. The van der Waals surface area contributed by atoms with Crippen molar-refractivity contribution in [3.63, 3.8) is 0 Å². The average molecular weight is 195 g/mol. The van der Waals surface area contributed by atoms with E-state index in [9.17, 15) is 10.1 Å². The molecule has 0 bridgehead atoms. The zero-order valence-corrected chi connectivity index (χ0v) is 7.47. The number of hydrogen-bond donors (Lipinski definition) is 2. The first-order valence-electron chi connectivity index (χ1n) is 3.80. The molecule has 6 heteroatoms. The van der Waals surface area contributed by atoms with Crippen molar-refractivity contribution in [2.75, 3.05) is 7.05 Å². The molecule has 1 aromatic rings. The molecule has 0 fully saturated rings. The summed E-state index contributed by atoms with van der Waals surface area (Å²) in [6.07, 6.45) is 0. The first kappa shape index (κ1) is 10.1. The Bertz CT molecular complexity index is 359. The van der Waals surface area contributed by atoms with Crippen molar-refractivity contribution < 1.29 is 10.1 Å². The standard InChI is InChI=1S/C8H9N3O3/c1-9-8(10-12)6-2-4-7(5-3-6)11(13)14/h2-5,12H,1H3,(H,9,10). The van der Waals surface area contributed by atoms with E-state index in [1.807, 2.05) is 5.48 Å². The monoisotopic (exact) mass is 195 g/mol. The van der Waals surface area contributed by atoms with Crippen molar-refractivity contribution in [3.8, 4) is 0 Å². The molecular formula is C8H9N3O3. The number of hydroxylamine groups is 1. The van der Waals surface area contributed by atoms with Gasteiger partial charge in [-0.05, 0) is 12.1 Å². The van der Waals surface area contributed by atoms with Crippen LogP contribution in [0.4, 0.5) is 5.69 Å². The van der Waals surface area contributed by atoms with Crippen LogP contribution in [0.15, 0.2) is 29.3 Å². The first-order chi connectivity index (χ1) is 6.69. The normalized spacial score (nSPS) is 11.1. The first-order valence-corrected chi connectivity index (χ1v) is 3.80. The number of rotatable bonds is 2. The second kappa shape index (κ2) is 4.33. The summed E-state index contributed by atoms with van der Waals surface area (Å²) in [5.74, 6) is 0.264. The Kier molecular flexibility index (Phi) is 3.14. The smallest absolute Gasteiger partial charge is 0.269 e. The van der Waals surface area contributed by atoms with Crippen LogP contribution in [0.5, 0.6) is 0 Å². The van der Waals surface area contributed by atoms with E-state index >= 15 is 0 Å². The number of nitrogens with zero attached hydrogens (tertiary/aromatic N) is 2. The van der Waals surface area contributed by atoms with Crippen LogP contribution in [0.25, 0.3) is 0 Å². The van der Waals surface area contributed by atoms with Crippen LogP contribution in [0.2, 0.25) is 0 Å². The molecule has 0 unspecified atom stereocenters. The van der Waals surface area contributed by atoms with E-state index in [0.717, 1.165) is 0 Å². The van der Waals surface area contributed by atoms with E-state index in [1.54, 1.807) is 0 Å². The maximum Gasteiger partial charge on any atom is 0.269 e. The highest BCUT2D eigenvalue weighted by molar-refractivity contribution is 5.98. The minimum Gasteiger partial charge on any atom is -0.290 e. The van der Waals surface area contributed by atoms with Gasteiger partial charge >= 0.3 is 0 Å². The molecular weight excluding hydrogens is 186 g/mol. The van der Waals surface area contributed by atoms with Gasteiger partial charge in [-0.25, -0.2) is 0 Å². The third-order valence-corrected chi connectivity index (χ3v) is 1.68. The summed E-state index contributed by atoms with van der Waals surface area (Å²) in [5.41, 5.74) is 2.48. The maximum atomic E-state index is 10.3. The van der Waals surface area contributed by atoms with Gasteiger partial charge in [0.15, 0.2) is 5.84 Å². The largest absolute Gasteiger partial charge is 0.290 e. The van der Waals surface area contributed by atoms with Crippen molar-refractivity contribution in [3.05, 3.63) is 39.9 Å². The van der Waals surface area contributed by atoms with Gasteiger partial charge in [0.2, 0.25) is 0 Å². The molecule has 1 aromatic carbocycles. The molecule has 0 radical (unpaired) electrons. The Morgan fingerprint density at radius 1 is 1.50 bits per heavy atom. The Labute approximate surface area is 80.0 Å². The Balaban J connectivity index is 2.99. The molecule has 2 N–H and O–H groups in total. The lowest BCUT2D eigenvalue weighted by atomic mass is 10.2. The molecule has 74 valence electrons. The number of nitrogens with one attached hydrogen (secondary N) is 1. The summed E-state index contributed by atoms with van der Waals surface area (Å²) >= 11 is 0. The number of aliphatic imine (C=N–C) groups is 1. The van der Waals surface area contributed by atoms with Gasteiger partial charge in [0.1, 0.15) is 0 Å². The van der Waals surface area contributed by atoms with E-state index in [0.29, 0.717) is 5.56 Å². The lowest BCUT2D eigenvalue weighted by molar-refractivity contribution is -0.384. The fourth-order valence-electron chi connectivity index (χ4n) is 0.985. The lowest BCUT2D eigenvalue weighted by Crippen LogP contribution is -2.19. The Morgan fingerprint density at radius 2 is 2.07 bits per heavy atom. The molecule has 0 spiro atoms. The van der Waals surface area contributed by atoms with E-state index < -0.39 is 4.92 Å². The van der Waals surface area contributed by atoms with Gasteiger partial charge in [0, 0.05) is 24.7 Å². The number of hydrogen-bond acceptors (Lipinski definition) is 4. The van der Waals surface area contributed by atoms with Crippen molar-refractivity contribution in [1.29, 1.82) is 0 Å². The van der Waals surface area contributed by atoms with E-state index in [-0.39, 0.29) is 11.5 Å². The van der Waals surface area contributed by atoms with Crippen LogP contribution >= 0.6 is 0 Å². The summed E-state index contributed by atoms with van der Waals surface area (Å²) < 4.78 is 0. The molecule has 1 rings (SSSR count). The molecule has 0 aliphatic rings. The van der Waals surface area contributed by atoms with Crippen molar-refractivity contribution in [2.45, 2.75) is 0 Å².